The molecule has 7 nitrogen and oxygen atoms in total. The molecular weight excluding hydrogens is 457 g/mol. The summed E-state index contributed by atoms with van der Waals surface area (Å²) in [5.41, 5.74) is 3.57. The molecule has 0 aliphatic rings. The third-order valence-corrected chi connectivity index (χ3v) is 6.33. The fourth-order valence-electron chi connectivity index (χ4n) is 2.69. The number of carbonyl (C=O) groups excluding carboxylic acids is 2. The Morgan fingerprint density at radius 2 is 1.61 bits per heavy atom. The zero-order valence-corrected chi connectivity index (χ0v) is 19.5. The van der Waals surface area contributed by atoms with Gasteiger partial charge in [-0.2, -0.15) is 0 Å². The zero-order chi connectivity index (χ0) is 22.5. The van der Waals surface area contributed by atoms with Crippen molar-refractivity contribution in [1.29, 1.82) is 0 Å². The Labute approximate surface area is 194 Å². The molecule has 162 valence electrons. The van der Waals surface area contributed by atoms with E-state index in [-0.39, 0.29) is 24.0 Å². The van der Waals surface area contributed by atoms with Crippen molar-refractivity contribution in [2.45, 2.75) is 25.4 Å². The highest BCUT2D eigenvalue weighted by Gasteiger charge is 2.15. The van der Waals surface area contributed by atoms with Crippen LogP contribution in [0.2, 0.25) is 10.0 Å². The molecular formula is C21H21Cl2N5O2S. The van der Waals surface area contributed by atoms with Gasteiger partial charge in [0.05, 0.1) is 22.2 Å². The number of nitrogens with one attached hydrogen (secondary N) is 2. The summed E-state index contributed by atoms with van der Waals surface area (Å²) in [6, 6.07) is 10.6. The lowest BCUT2D eigenvalue weighted by Crippen LogP contribution is -2.17. The topological polar surface area (TPSA) is 88.9 Å². The van der Waals surface area contributed by atoms with Gasteiger partial charge >= 0.3 is 0 Å². The zero-order valence-electron chi connectivity index (χ0n) is 17.2. The molecule has 3 aromatic rings. The van der Waals surface area contributed by atoms with Crippen molar-refractivity contribution in [3.8, 4) is 0 Å². The van der Waals surface area contributed by atoms with E-state index in [9.17, 15) is 9.59 Å². The van der Waals surface area contributed by atoms with Crippen molar-refractivity contribution >= 4 is 58.2 Å². The summed E-state index contributed by atoms with van der Waals surface area (Å²) in [4.78, 5) is 24.6. The molecule has 0 fully saturated rings. The van der Waals surface area contributed by atoms with Crippen molar-refractivity contribution in [1.82, 2.24) is 14.8 Å². The summed E-state index contributed by atoms with van der Waals surface area (Å²) in [7, 11) is 1.76. The monoisotopic (exact) mass is 477 g/mol. The van der Waals surface area contributed by atoms with Crippen LogP contribution in [0.5, 0.6) is 0 Å². The van der Waals surface area contributed by atoms with Crippen LogP contribution >= 0.6 is 35.0 Å². The number of aryl methyl sites for hydroxylation is 2. The van der Waals surface area contributed by atoms with Gasteiger partial charge in [0.25, 0.3) is 0 Å². The summed E-state index contributed by atoms with van der Waals surface area (Å²) in [5, 5.41) is 15.1. The number of carbonyl (C=O) groups is 2. The second kappa shape index (κ2) is 10.2. The third-order valence-electron chi connectivity index (χ3n) is 4.57. The van der Waals surface area contributed by atoms with Crippen molar-refractivity contribution in [2.24, 2.45) is 7.05 Å². The first-order valence-corrected chi connectivity index (χ1v) is 11.1. The van der Waals surface area contributed by atoms with E-state index < -0.39 is 0 Å². The van der Waals surface area contributed by atoms with Gasteiger partial charge in [0.2, 0.25) is 11.8 Å². The van der Waals surface area contributed by atoms with Crippen molar-refractivity contribution in [3.05, 3.63) is 63.4 Å². The van der Waals surface area contributed by atoms with Crippen LogP contribution in [-0.2, 0) is 23.1 Å². The highest BCUT2D eigenvalue weighted by Crippen LogP contribution is 2.25. The van der Waals surface area contributed by atoms with Crippen LogP contribution in [0.15, 0.2) is 41.6 Å². The van der Waals surface area contributed by atoms with Crippen molar-refractivity contribution in [3.63, 3.8) is 0 Å². The van der Waals surface area contributed by atoms with E-state index >= 15 is 0 Å². The van der Waals surface area contributed by atoms with E-state index in [2.05, 4.69) is 20.8 Å². The lowest BCUT2D eigenvalue weighted by molar-refractivity contribution is -0.116. The lowest BCUT2D eigenvalue weighted by atomic mass is 10.1. The number of thioether (sulfide) groups is 1. The maximum absolute atomic E-state index is 12.4. The average molecular weight is 478 g/mol. The first-order chi connectivity index (χ1) is 14.7. The third kappa shape index (κ3) is 6.22. The van der Waals surface area contributed by atoms with Gasteiger partial charge in [-0.15, -0.1) is 10.2 Å². The largest absolute Gasteiger partial charge is 0.326 e. The van der Waals surface area contributed by atoms with Crippen LogP contribution in [0, 0.1) is 13.8 Å². The Morgan fingerprint density at radius 3 is 2.32 bits per heavy atom. The highest BCUT2D eigenvalue weighted by molar-refractivity contribution is 7.99. The Bertz CT molecular complexity index is 1130. The quantitative estimate of drug-likeness (QED) is 0.483. The maximum Gasteiger partial charge on any atom is 0.234 e. The van der Waals surface area contributed by atoms with Crippen LogP contribution < -0.4 is 10.6 Å². The fraction of sp³-hybridized carbons (Fsp3) is 0.238. The van der Waals surface area contributed by atoms with Crippen LogP contribution in [0.4, 0.5) is 11.4 Å². The summed E-state index contributed by atoms with van der Waals surface area (Å²) in [6.45, 7) is 4.01. The maximum atomic E-state index is 12.4. The summed E-state index contributed by atoms with van der Waals surface area (Å²) >= 11 is 13.1. The van der Waals surface area contributed by atoms with E-state index in [1.54, 1.807) is 29.8 Å². The molecule has 2 amide bonds. The summed E-state index contributed by atoms with van der Waals surface area (Å²) < 4.78 is 1.71. The van der Waals surface area contributed by atoms with Gasteiger partial charge in [0.15, 0.2) is 5.16 Å². The second-order valence-electron chi connectivity index (χ2n) is 6.95. The predicted octanol–water partition coefficient (Wildman–Crippen LogP) is 4.65. The smallest absolute Gasteiger partial charge is 0.234 e. The molecule has 1 heterocycles. The molecule has 0 spiro atoms. The first-order valence-electron chi connectivity index (χ1n) is 9.36. The predicted molar refractivity (Wildman–Crippen MR) is 125 cm³/mol. The molecule has 0 aliphatic heterocycles. The van der Waals surface area contributed by atoms with E-state index in [4.69, 9.17) is 23.2 Å². The molecule has 0 radical (unpaired) electrons. The van der Waals surface area contributed by atoms with E-state index in [1.807, 2.05) is 32.0 Å². The standard InChI is InChI=1S/C21H21Cl2N5O2S/c1-12-4-5-14(8-13(12)2)24-19(29)10-18-26-27-21(28(18)3)31-11-20(30)25-15-6-7-16(22)17(23)9-15/h4-9H,10-11H2,1-3H3,(H,24,29)(H,25,30). The Balaban J connectivity index is 1.54. The number of hydrogen-bond donors (Lipinski definition) is 2. The number of nitrogens with zero attached hydrogens (tertiary/aromatic N) is 3. The van der Waals surface area contributed by atoms with E-state index in [1.165, 1.54) is 11.8 Å². The Morgan fingerprint density at radius 1 is 0.935 bits per heavy atom. The van der Waals surface area contributed by atoms with Gasteiger partial charge < -0.3 is 15.2 Å². The molecule has 31 heavy (non-hydrogen) atoms. The number of rotatable bonds is 7. The normalized spacial score (nSPS) is 10.7. The minimum absolute atomic E-state index is 0.0758. The number of benzene rings is 2. The van der Waals surface area contributed by atoms with Crippen LogP contribution in [0.3, 0.4) is 0 Å². The molecule has 10 heteroatoms. The summed E-state index contributed by atoms with van der Waals surface area (Å²) in [5.74, 6) is 0.225. The van der Waals surface area contributed by atoms with Gasteiger partial charge in [-0.05, 0) is 55.3 Å². The minimum atomic E-state index is -0.222. The summed E-state index contributed by atoms with van der Waals surface area (Å²) in [6.07, 6.45) is 0.0758. The van der Waals surface area contributed by atoms with E-state index in [0.717, 1.165) is 16.8 Å². The van der Waals surface area contributed by atoms with Crippen LogP contribution in [0.1, 0.15) is 17.0 Å². The van der Waals surface area contributed by atoms with Gasteiger partial charge in [0.1, 0.15) is 5.82 Å². The number of aromatic nitrogens is 3. The highest BCUT2D eigenvalue weighted by atomic mass is 35.5. The minimum Gasteiger partial charge on any atom is -0.326 e. The molecule has 0 atom stereocenters. The van der Waals surface area contributed by atoms with Crippen molar-refractivity contribution in [2.75, 3.05) is 16.4 Å². The molecule has 0 bridgehead atoms. The van der Waals surface area contributed by atoms with Crippen molar-refractivity contribution < 1.29 is 9.59 Å². The van der Waals surface area contributed by atoms with E-state index in [0.29, 0.717) is 26.7 Å². The first kappa shape index (κ1) is 23.1. The molecule has 2 N–H and O–H groups in total. The molecule has 0 unspecified atom stereocenters. The number of anilines is 2. The Kier molecular flexibility index (Phi) is 7.59. The number of amides is 2. The van der Waals surface area contributed by atoms with Gasteiger partial charge in [-0.25, -0.2) is 0 Å². The van der Waals surface area contributed by atoms with Gasteiger partial charge in [0, 0.05) is 18.4 Å². The van der Waals surface area contributed by atoms with Gasteiger partial charge in [-0.3, -0.25) is 9.59 Å². The number of halogens is 2. The Hall–Kier alpha value is -2.55. The SMILES string of the molecule is Cc1ccc(NC(=O)Cc2nnc(SCC(=O)Nc3ccc(Cl)c(Cl)c3)n2C)cc1C. The number of hydrogen-bond acceptors (Lipinski definition) is 5. The van der Waals surface area contributed by atoms with Crippen LogP contribution in [0.25, 0.3) is 0 Å². The molecule has 2 aromatic carbocycles. The fourth-order valence-corrected chi connectivity index (χ4v) is 3.72. The second-order valence-corrected chi connectivity index (χ2v) is 8.70. The van der Waals surface area contributed by atoms with Crippen LogP contribution in [-0.4, -0.2) is 32.3 Å². The van der Waals surface area contributed by atoms with Gasteiger partial charge in [-0.1, -0.05) is 41.0 Å². The lowest BCUT2D eigenvalue weighted by Gasteiger charge is -2.08. The average Bonchev–Trinajstić information content (AvgIpc) is 3.05. The molecule has 0 aliphatic carbocycles. The molecule has 3 rings (SSSR count). The molecule has 1 aromatic heterocycles. The molecule has 0 saturated heterocycles. The molecule has 0 saturated carbocycles.